The third-order valence-electron chi connectivity index (χ3n) is 2.64. The van der Waals surface area contributed by atoms with Crippen LogP contribution < -0.4 is 10.6 Å². The Morgan fingerprint density at radius 1 is 1.30 bits per heavy atom. The van der Waals surface area contributed by atoms with Gasteiger partial charge in [-0.15, -0.1) is 0 Å². The number of benzene rings is 1. The van der Waals surface area contributed by atoms with Crippen LogP contribution in [0, 0.1) is 5.82 Å². The summed E-state index contributed by atoms with van der Waals surface area (Å²) in [5.41, 5.74) is 0.473. The van der Waals surface area contributed by atoms with Crippen LogP contribution in [0.5, 0.6) is 0 Å². The predicted molar refractivity (Wildman–Crippen MR) is 80.7 cm³/mol. The number of rotatable bonds is 4. The second kappa shape index (κ2) is 8.42. The fourth-order valence-corrected chi connectivity index (χ4v) is 1.64. The van der Waals surface area contributed by atoms with Crippen LogP contribution in [0.25, 0.3) is 0 Å². The van der Waals surface area contributed by atoms with Crippen molar-refractivity contribution in [3.63, 3.8) is 0 Å². The number of aliphatic imine (C=N–C) groups is 1. The Hall–Kier alpha value is -3.03. The minimum absolute atomic E-state index is 0.0572. The first-order valence-corrected chi connectivity index (χ1v) is 6.36. The van der Waals surface area contributed by atoms with Crippen molar-refractivity contribution in [1.29, 1.82) is 0 Å². The molecule has 0 saturated heterocycles. The summed E-state index contributed by atoms with van der Waals surface area (Å²) in [5.74, 6) is -2.05. The van der Waals surface area contributed by atoms with Gasteiger partial charge in [-0.25, -0.2) is 14.2 Å². The van der Waals surface area contributed by atoms with Gasteiger partial charge in [0.2, 0.25) is 0 Å². The molecule has 1 amide bonds. The zero-order chi connectivity index (χ0) is 17.4. The molecule has 0 saturated carbocycles. The lowest BCUT2D eigenvalue weighted by Crippen LogP contribution is -2.34. The van der Waals surface area contributed by atoms with Gasteiger partial charge in [0, 0.05) is 12.6 Å². The summed E-state index contributed by atoms with van der Waals surface area (Å²) >= 11 is 0. The largest absolute Gasteiger partial charge is 0.477 e. The van der Waals surface area contributed by atoms with Crippen LogP contribution in [0.3, 0.4) is 0 Å². The van der Waals surface area contributed by atoms with E-state index in [1.54, 1.807) is 0 Å². The SMILES string of the molecule is C=C1N=C(C(=O)NCc2ccc(F)cc2)C=C(C(=O)O)N1.CF. The average Bonchev–Trinajstić information content (AvgIpc) is 2.55. The summed E-state index contributed by atoms with van der Waals surface area (Å²) in [5, 5.41) is 13.9. The van der Waals surface area contributed by atoms with Gasteiger partial charge in [-0.2, -0.15) is 0 Å². The van der Waals surface area contributed by atoms with E-state index in [1.807, 2.05) is 0 Å². The van der Waals surface area contributed by atoms with Gasteiger partial charge in [-0.05, 0) is 17.7 Å². The van der Waals surface area contributed by atoms with Crippen LogP contribution in [-0.4, -0.2) is 29.9 Å². The van der Waals surface area contributed by atoms with Crippen molar-refractivity contribution in [3.8, 4) is 0 Å². The number of hydrogen-bond acceptors (Lipinski definition) is 4. The molecule has 23 heavy (non-hydrogen) atoms. The molecule has 0 radical (unpaired) electrons. The lowest BCUT2D eigenvalue weighted by molar-refractivity contribution is -0.133. The normalized spacial score (nSPS) is 12.9. The number of hydrogen-bond donors (Lipinski definition) is 3. The summed E-state index contributed by atoms with van der Waals surface area (Å²) in [7, 11) is 0.500. The molecule has 3 N–H and O–H groups in total. The number of aliphatic carboxylic acids is 1. The van der Waals surface area contributed by atoms with Gasteiger partial charge in [0.05, 0.1) is 7.18 Å². The highest BCUT2D eigenvalue weighted by atomic mass is 19.1. The Kier molecular flexibility index (Phi) is 6.60. The van der Waals surface area contributed by atoms with E-state index in [4.69, 9.17) is 5.11 Å². The number of carbonyl (C=O) groups is 2. The Bertz CT molecular complexity index is 667. The van der Waals surface area contributed by atoms with Crippen molar-refractivity contribution >= 4 is 17.6 Å². The number of amides is 1. The molecular formula is C15H15F2N3O3. The summed E-state index contributed by atoms with van der Waals surface area (Å²) < 4.78 is 22.3. The van der Waals surface area contributed by atoms with E-state index in [2.05, 4.69) is 22.2 Å². The monoisotopic (exact) mass is 323 g/mol. The van der Waals surface area contributed by atoms with Crippen molar-refractivity contribution in [2.24, 2.45) is 4.99 Å². The van der Waals surface area contributed by atoms with E-state index in [0.29, 0.717) is 12.7 Å². The smallest absolute Gasteiger partial charge is 0.352 e. The second-order valence-corrected chi connectivity index (χ2v) is 4.24. The van der Waals surface area contributed by atoms with Gasteiger partial charge in [0.25, 0.3) is 5.91 Å². The number of nitrogens with zero attached hydrogens (tertiary/aromatic N) is 1. The van der Waals surface area contributed by atoms with Gasteiger partial charge in [-0.1, -0.05) is 18.7 Å². The lowest BCUT2D eigenvalue weighted by atomic mass is 10.2. The van der Waals surface area contributed by atoms with Gasteiger partial charge < -0.3 is 15.7 Å². The fourth-order valence-electron chi connectivity index (χ4n) is 1.64. The zero-order valence-corrected chi connectivity index (χ0v) is 12.3. The molecule has 0 aliphatic carbocycles. The van der Waals surface area contributed by atoms with Crippen molar-refractivity contribution in [1.82, 2.24) is 10.6 Å². The Morgan fingerprint density at radius 2 is 1.91 bits per heavy atom. The maximum atomic E-state index is 12.8. The highest BCUT2D eigenvalue weighted by Crippen LogP contribution is 2.06. The summed E-state index contributed by atoms with van der Waals surface area (Å²) in [4.78, 5) is 26.7. The molecule has 6 nitrogen and oxygen atoms in total. The van der Waals surface area contributed by atoms with Gasteiger partial charge in [0.1, 0.15) is 23.0 Å². The van der Waals surface area contributed by atoms with Crippen LogP contribution in [0.15, 0.2) is 53.4 Å². The van der Waals surface area contributed by atoms with Gasteiger partial charge >= 0.3 is 5.97 Å². The van der Waals surface area contributed by atoms with E-state index in [1.165, 1.54) is 24.3 Å². The first-order chi connectivity index (χ1) is 11.0. The minimum atomic E-state index is -1.21. The molecule has 8 heteroatoms. The van der Waals surface area contributed by atoms with E-state index < -0.39 is 11.9 Å². The van der Waals surface area contributed by atoms with Crippen molar-refractivity contribution in [2.75, 3.05) is 7.18 Å². The first-order valence-electron chi connectivity index (χ1n) is 6.36. The molecule has 0 spiro atoms. The number of carboxylic acid groups (broad SMARTS) is 1. The number of halogens is 2. The Morgan fingerprint density at radius 3 is 2.48 bits per heavy atom. The van der Waals surface area contributed by atoms with E-state index in [-0.39, 0.29) is 29.6 Å². The van der Waals surface area contributed by atoms with Crippen molar-refractivity contribution in [3.05, 3.63) is 59.8 Å². The molecule has 0 atom stereocenters. The molecule has 1 aromatic rings. The number of carboxylic acids is 1. The maximum absolute atomic E-state index is 12.8. The van der Waals surface area contributed by atoms with Crippen molar-refractivity contribution in [2.45, 2.75) is 6.54 Å². The zero-order valence-electron chi connectivity index (χ0n) is 12.3. The Labute approximate surface area is 131 Å². The van der Waals surface area contributed by atoms with Crippen LogP contribution >= 0.6 is 0 Å². The van der Waals surface area contributed by atoms with Crippen molar-refractivity contribution < 1.29 is 23.5 Å². The predicted octanol–water partition coefficient (Wildman–Crippen LogP) is 1.51. The summed E-state index contributed by atoms with van der Waals surface area (Å²) in [6.07, 6.45) is 1.12. The molecule has 1 heterocycles. The van der Waals surface area contributed by atoms with Crippen LogP contribution in [-0.2, 0) is 16.1 Å². The number of carbonyl (C=O) groups excluding carboxylic acids is 1. The van der Waals surface area contributed by atoms with Crippen LogP contribution in [0.2, 0.25) is 0 Å². The Balaban J connectivity index is 0.00000127. The molecule has 1 aliphatic rings. The summed E-state index contributed by atoms with van der Waals surface area (Å²) in [6, 6.07) is 5.65. The molecule has 1 aromatic carbocycles. The highest BCUT2D eigenvalue weighted by molar-refractivity contribution is 6.44. The molecule has 2 rings (SSSR count). The first kappa shape index (κ1) is 18.0. The molecular weight excluding hydrogens is 308 g/mol. The quantitative estimate of drug-likeness (QED) is 0.783. The molecule has 0 aromatic heterocycles. The van der Waals surface area contributed by atoms with E-state index in [0.717, 1.165) is 6.08 Å². The van der Waals surface area contributed by atoms with Gasteiger partial charge in [0.15, 0.2) is 0 Å². The number of nitrogens with one attached hydrogen (secondary N) is 2. The third-order valence-corrected chi connectivity index (χ3v) is 2.64. The highest BCUT2D eigenvalue weighted by Gasteiger charge is 2.19. The minimum Gasteiger partial charge on any atom is -0.477 e. The molecule has 0 bridgehead atoms. The van der Waals surface area contributed by atoms with E-state index >= 15 is 0 Å². The standard InChI is InChI=1S/C14H12FN3O3.CH3F/c1-8-17-11(6-12(18-8)14(20)21)13(19)16-7-9-2-4-10(15)5-3-9;1-2/h2-6,18H,1,7H2,(H,16,19)(H,20,21);1H3. The van der Waals surface area contributed by atoms with Gasteiger partial charge in [-0.3, -0.25) is 9.18 Å². The summed E-state index contributed by atoms with van der Waals surface area (Å²) in [6.45, 7) is 3.66. The molecule has 0 unspecified atom stereocenters. The molecule has 122 valence electrons. The van der Waals surface area contributed by atoms with E-state index in [9.17, 15) is 18.4 Å². The number of alkyl halides is 1. The topological polar surface area (TPSA) is 90.8 Å². The third kappa shape index (κ3) is 5.34. The second-order valence-electron chi connectivity index (χ2n) is 4.24. The van der Waals surface area contributed by atoms with Crippen LogP contribution in [0.4, 0.5) is 8.78 Å². The average molecular weight is 323 g/mol. The maximum Gasteiger partial charge on any atom is 0.352 e. The lowest BCUT2D eigenvalue weighted by Gasteiger charge is -2.14. The fraction of sp³-hybridized carbons (Fsp3) is 0.133. The molecule has 0 fully saturated rings. The van der Waals surface area contributed by atoms with Crippen LogP contribution in [0.1, 0.15) is 5.56 Å². The molecule has 1 aliphatic heterocycles.